The van der Waals surface area contributed by atoms with Crippen molar-refractivity contribution >= 4 is 17.4 Å². The first-order chi connectivity index (χ1) is 12.9. The lowest BCUT2D eigenvalue weighted by Crippen LogP contribution is -2.16. The quantitative estimate of drug-likeness (QED) is 0.699. The van der Waals surface area contributed by atoms with Crippen LogP contribution in [0.2, 0.25) is 0 Å². The van der Waals surface area contributed by atoms with Gasteiger partial charge in [0.05, 0.1) is 0 Å². The van der Waals surface area contributed by atoms with Gasteiger partial charge in [-0.25, -0.2) is 9.97 Å². The van der Waals surface area contributed by atoms with Crippen molar-refractivity contribution in [2.75, 3.05) is 10.6 Å². The molecule has 5 nitrogen and oxygen atoms in total. The number of aryl methyl sites for hydroxylation is 4. The summed E-state index contributed by atoms with van der Waals surface area (Å²) in [6, 6.07) is 15.8. The van der Waals surface area contributed by atoms with Gasteiger partial charge >= 0.3 is 0 Å². The highest BCUT2D eigenvalue weighted by Crippen LogP contribution is 2.16. The maximum Gasteiger partial charge on any atom is 0.274 e. The summed E-state index contributed by atoms with van der Waals surface area (Å²) < 4.78 is 0. The van der Waals surface area contributed by atoms with Crippen molar-refractivity contribution in [1.82, 2.24) is 9.97 Å². The Morgan fingerprint density at radius 3 is 2.48 bits per heavy atom. The third-order valence-corrected chi connectivity index (χ3v) is 4.39. The topological polar surface area (TPSA) is 66.9 Å². The molecule has 0 radical (unpaired) electrons. The first kappa shape index (κ1) is 18.6. The third-order valence-electron chi connectivity index (χ3n) is 4.39. The number of carbonyl (C=O) groups excluding carboxylic acids is 1. The maximum atomic E-state index is 12.6. The van der Waals surface area contributed by atoms with Gasteiger partial charge in [0.1, 0.15) is 17.3 Å². The molecule has 2 aromatic carbocycles. The Bertz CT molecular complexity index is 982. The average molecular weight is 360 g/mol. The van der Waals surface area contributed by atoms with E-state index in [2.05, 4.69) is 45.7 Å². The van der Waals surface area contributed by atoms with Crippen LogP contribution in [0.1, 0.15) is 38.6 Å². The zero-order chi connectivity index (χ0) is 19.4. The maximum absolute atomic E-state index is 12.6. The van der Waals surface area contributed by atoms with E-state index in [9.17, 15) is 4.79 Å². The molecule has 3 aromatic rings. The number of benzene rings is 2. The van der Waals surface area contributed by atoms with Gasteiger partial charge in [0.25, 0.3) is 5.91 Å². The minimum atomic E-state index is -0.248. The van der Waals surface area contributed by atoms with E-state index in [-0.39, 0.29) is 5.91 Å². The second-order valence-electron chi connectivity index (χ2n) is 6.78. The number of nitrogens with zero attached hydrogens (tertiary/aromatic N) is 2. The SMILES string of the molecule is Cc1cccc(CNc2cc(C(=O)Nc3ccc(C)c(C)c3)nc(C)n2)c1. The van der Waals surface area contributed by atoms with Crippen molar-refractivity contribution in [3.8, 4) is 0 Å². The molecular formula is C22H24N4O. The number of anilines is 2. The van der Waals surface area contributed by atoms with Crippen LogP contribution in [-0.2, 0) is 6.54 Å². The fourth-order valence-electron chi connectivity index (χ4n) is 2.80. The van der Waals surface area contributed by atoms with E-state index < -0.39 is 0 Å². The molecule has 1 aromatic heterocycles. The number of hydrogen-bond acceptors (Lipinski definition) is 4. The van der Waals surface area contributed by atoms with Crippen LogP contribution in [0.4, 0.5) is 11.5 Å². The molecule has 2 N–H and O–H groups in total. The molecule has 0 unspecified atom stereocenters. The van der Waals surface area contributed by atoms with Gasteiger partial charge in [0.2, 0.25) is 0 Å². The molecule has 1 amide bonds. The van der Waals surface area contributed by atoms with Crippen LogP contribution >= 0.6 is 0 Å². The smallest absolute Gasteiger partial charge is 0.274 e. The molecule has 0 fully saturated rings. The van der Waals surface area contributed by atoms with Crippen LogP contribution in [0.25, 0.3) is 0 Å². The molecule has 0 aliphatic heterocycles. The summed E-state index contributed by atoms with van der Waals surface area (Å²) in [6.07, 6.45) is 0. The fourth-order valence-corrected chi connectivity index (χ4v) is 2.80. The van der Waals surface area contributed by atoms with Gasteiger partial charge in [-0.1, -0.05) is 35.9 Å². The summed E-state index contributed by atoms with van der Waals surface area (Å²) >= 11 is 0. The van der Waals surface area contributed by atoms with Gasteiger partial charge in [-0.2, -0.15) is 0 Å². The first-order valence-corrected chi connectivity index (χ1v) is 8.94. The predicted molar refractivity (Wildman–Crippen MR) is 109 cm³/mol. The average Bonchev–Trinajstić information content (AvgIpc) is 2.63. The molecule has 0 spiro atoms. The lowest BCUT2D eigenvalue weighted by Gasteiger charge is -2.10. The van der Waals surface area contributed by atoms with E-state index in [0.717, 1.165) is 16.8 Å². The van der Waals surface area contributed by atoms with Gasteiger partial charge in [-0.15, -0.1) is 0 Å². The van der Waals surface area contributed by atoms with Crippen molar-refractivity contribution in [1.29, 1.82) is 0 Å². The lowest BCUT2D eigenvalue weighted by atomic mass is 10.1. The lowest BCUT2D eigenvalue weighted by molar-refractivity contribution is 0.102. The van der Waals surface area contributed by atoms with Crippen molar-refractivity contribution in [2.45, 2.75) is 34.2 Å². The molecule has 3 rings (SSSR count). The van der Waals surface area contributed by atoms with Crippen molar-refractivity contribution in [3.63, 3.8) is 0 Å². The number of rotatable bonds is 5. The Kier molecular flexibility index (Phi) is 5.50. The first-order valence-electron chi connectivity index (χ1n) is 8.94. The number of nitrogens with one attached hydrogen (secondary N) is 2. The summed E-state index contributed by atoms with van der Waals surface area (Å²) in [6.45, 7) is 8.54. The standard InChI is InChI=1S/C22H24N4O/c1-14-6-5-7-18(10-14)13-23-21-12-20(24-17(4)25-21)22(27)26-19-9-8-15(2)16(3)11-19/h5-12H,13H2,1-4H3,(H,26,27)(H,23,24,25). The third kappa shape index (κ3) is 4.91. The second-order valence-corrected chi connectivity index (χ2v) is 6.78. The molecule has 0 bridgehead atoms. The molecule has 27 heavy (non-hydrogen) atoms. The zero-order valence-corrected chi connectivity index (χ0v) is 16.1. The molecule has 0 atom stereocenters. The molecule has 0 saturated heterocycles. The molecule has 0 aliphatic rings. The van der Waals surface area contributed by atoms with Crippen molar-refractivity contribution in [3.05, 3.63) is 82.3 Å². The van der Waals surface area contributed by atoms with E-state index in [0.29, 0.717) is 23.9 Å². The molecule has 0 aliphatic carbocycles. The van der Waals surface area contributed by atoms with E-state index in [1.54, 1.807) is 13.0 Å². The molecule has 1 heterocycles. The Morgan fingerprint density at radius 2 is 1.74 bits per heavy atom. The minimum Gasteiger partial charge on any atom is -0.366 e. The van der Waals surface area contributed by atoms with E-state index in [1.807, 2.05) is 38.1 Å². The Labute approximate surface area is 159 Å². The minimum absolute atomic E-state index is 0.248. The normalized spacial score (nSPS) is 10.5. The van der Waals surface area contributed by atoms with Crippen LogP contribution in [-0.4, -0.2) is 15.9 Å². The van der Waals surface area contributed by atoms with Crippen LogP contribution in [0, 0.1) is 27.7 Å². The molecule has 5 heteroatoms. The summed E-state index contributed by atoms with van der Waals surface area (Å²) in [4.78, 5) is 21.3. The van der Waals surface area contributed by atoms with Gasteiger partial charge in [-0.3, -0.25) is 4.79 Å². The van der Waals surface area contributed by atoms with Crippen molar-refractivity contribution in [2.24, 2.45) is 0 Å². The van der Waals surface area contributed by atoms with Crippen LogP contribution in [0.5, 0.6) is 0 Å². The second kappa shape index (κ2) is 7.99. The van der Waals surface area contributed by atoms with Gasteiger partial charge < -0.3 is 10.6 Å². The summed E-state index contributed by atoms with van der Waals surface area (Å²) in [5.74, 6) is 0.936. The van der Waals surface area contributed by atoms with Gasteiger partial charge in [-0.05, 0) is 56.5 Å². The largest absolute Gasteiger partial charge is 0.366 e. The highest BCUT2D eigenvalue weighted by molar-refractivity contribution is 6.03. The fraction of sp³-hybridized carbons (Fsp3) is 0.227. The zero-order valence-electron chi connectivity index (χ0n) is 16.1. The van der Waals surface area contributed by atoms with Crippen molar-refractivity contribution < 1.29 is 4.79 Å². The predicted octanol–water partition coefficient (Wildman–Crippen LogP) is 4.57. The van der Waals surface area contributed by atoms with Crippen LogP contribution in [0.15, 0.2) is 48.5 Å². The van der Waals surface area contributed by atoms with Crippen LogP contribution < -0.4 is 10.6 Å². The monoisotopic (exact) mass is 360 g/mol. The number of carbonyl (C=O) groups is 1. The highest BCUT2D eigenvalue weighted by atomic mass is 16.1. The highest BCUT2D eigenvalue weighted by Gasteiger charge is 2.11. The van der Waals surface area contributed by atoms with Crippen LogP contribution in [0.3, 0.4) is 0 Å². The Balaban J connectivity index is 1.73. The van der Waals surface area contributed by atoms with E-state index >= 15 is 0 Å². The van der Waals surface area contributed by atoms with E-state index in [1.165, 1.54) is 11.1 Å². The summed E-state index contributed by atoms with van der Waals surface area (Å²) in [7, 11) is 0. The van der Waals surface area contributed by atoms with Gasteiger partial charge in [0.15, 0.2) is 0 Å². The Morgan fingerprint density at radius 1 is 0.926 bits per heavy atom. The van der Waals surface area contributed by atoms with E-state index in [4.69, 9.17) is 0 Å². The van der Waals surface area contributed by atoms with Gasteiger partial charge in [0, 0.05) is 18.3 Å². The molecule has 138 valence electrons. The summed E-state index contributed by atoms with van der Waals surface area (Å²) in [5, 5.41) is 6.18. The number of hydrogen-bond donors (Lipinski definition) is 2. The molecular weight excluding hydrogens is 336 g/mol. The Hall–Kier alpha value is -3.21. The molecule has 0 saturated carbocycles. The number of aromatic nitrogens is 2. The number of amides is 1. The summed E-state index contributed by atoms with van der Waals surface area (Å²) in [5.41, 5.74) is 5.79.